The Kier molecular flexibility index (Phi) is 5.62. The third-order valence-corrected chi connectivity index (χ3v) is 5.10. The zero-order valence-electron chi connectivity index (χ0n) is 16.9. The van der Waals surface area contributed by atoms with E-state index in [1.807, 2.05) is 30.3 Å². The van der Waals surface area contributed by atoms with Gasteiger partial charge in [-0.05, 0) is 41.5 Å². The van der Waals surface area contributed by atoms with E-state index in [2.05, 4.69) is 11.0 Å². The number of fused-ring (bicyclic) bond motifs is 1. The highest BCUT2D eigenvalue weighted by Gasteiger charge is 2.21. The smallest absolute Gasteiger partial charge is 0.165 e. The number of furan rings is 1. The van der Waals surface area contributed by atoms with E-state index in [9.17, 15) is 0 Å². The third-order valence-electron chi connectivity index (χ3n) is 5.10. The molecule has 0 fully saturated rings. The van der Waals surface area contributed by atoms with E-state index in [4.69, 9.17) is 23.4 Å². The Morgan fingerprint density at radius 2 is 1.69 bits per heavy atom. The average molecular weight is 395 g/mol. The first-order valence-corrected chi connectivity index (χ1v) is 9.51. The van der Waals surface area contributed by atoms with E-state index in [0.717, 1.165) is 53.4 Å². The molecule has 0 N–H and O–H groups in total. The Morgan fingerprint density at radius 3 is 2.41 bits per heavy atom. The molecule has 0 atom stereocenters. The van der Waals surface area contributed by atoms with Crippen LogP contribution < -0.4 is 18.9 Å². The molecular weight excluding hydrogens is 370 g/mol. The average Bonchev–Trinajstić information content (AvgIpc) is 3.17. The molecule has 6 nitrogen and oxygen atoms in total. The van der Waals surface area contributed by atoms with Gasteiger partial charge >= 0.3 is 0 Å². The monoisotopic (exact) mass is 395 g/mol. The number of methoxy groups -OCH3 is 3. The lowest BCUT2D eigenvalue weighted by Gasteiger charge is -2.19. The molecular formula is C23H25NO5. The van der Waals surface area contributed by atoms with Crippen molar-refractivity contribution in [1.82, 2.24) is 4.90 Å². The number of nitrogens with zero attached hydrogens (tertiary/aromatic N) is 1. The summed E-state index contributed by atoms with van der Waals surface area (Å²) >= 11 is 0. The number of rotatable bonds is 6. The third kappa shape index (κ3) is 4.03. The molecule has 0 aliphatic carbocycles. The van der Waals surface area contributed by atoms with Gasteiger partial charge in [0.2, 0.25) is 0 Å². The van der Waals surface area contributed by atoms with Crippen molar-refractivity contribution in [3.63, 3.8) is 0 Å². The summed E-state index contributed by atoms with van der Waals surface area (Å²) in [5.74, 6) is 2.94. The quantitative estimate of drug-likeness (QED) is 0.618. The summed E-state index contributed by atoms with van der Waals surface area (Å²) in [5.41, 5.74) is 4.30. The van der Waals surface area contributed by atoms with Crippen molar-refractivity contribution in [2.24, 2.45) is 0 Å². The molecule has 29 heavy (non-hydrogen) atoms. The van der Waals surface area contributed by atoms with Crippen molar-refractivity contribution in [3.8, 4) is 34.1 Å². The standard InChI is InChI=1S/C23H25NO5/c1-25-20-5-4-17(11-21(20)26-2)18-10-19-14-24(13-16-6-8-28-15-16)7-9-29-23(19)22(12-18)27-3/h4-6,8,10-12,15H,7,9,13-14H2,1-3H3. The van der Waals surface area contributed by atoms with Crippen LogP contribution in [-0.4, -0.2) is 39.4 Å². The molecule has 1 aliphatic heterocycles. The second kappa shape index (κ2) is 8.49. The fourth-order valence-electron chi connectivity index (χ4n) is 3.65. The SMILES string of the molecule is COc1ccc(-c2cc3c(c(OC)c2)OCCN(Cc2ccoc2)C3)cc1OC. The maximum absolute atomic E-state index is 6.06. The maximum atomic E-state index is 6.06. The first kappa shape index (κ1) is 19.2. The molecule has 1 aromatic heterocycles. The Morgan fingerprint density at radius 1 is 0.897 bits per heavy atom. The van der Waals surface area contributed by atoms with Crippen LogP contribution in [-0.2, 0) is 13.1 Å². The van der Waals surface area contributed by atoms with E-state index >= 15 is 0 Å². The summed E-state index contributed by atoms with van der Waals surface area (Å²) in [5, 5.41) is 0. The van der Waals surface area contributed by atoms with E-state index in [-0.39, 0.29) is 0 Å². The summed E-state index contributed by atoms with van der Waals surface area (Å²) in [7, 11) is 4.95. The minimum absolute atomic E-state index is 0.608. The van der Waals surface area contributed by atoms with Gasteiger partial charge in [0, 0.05) is 30.8 Å². The molecule has 152 valence electrons. The van der Waals surface area contributed by atoms with Crippen LogP contribution in [0.5, 0.6) is 23.0 Å². The van der Waals surface area contributed by atoms with Crippen LogP contribution >= 0.6 is 0 Å². The number of hydrogen-bond acceptors (Lipinski definition) is 6. The largest absolute Gasteiger partial charge is 0.493 e. The number of hydrogen-bond donors (Lipinski definition) is 0. The van der Waals surface area contributed by atoms with Gasteiger partial charge in [-0.15, -0.1) is 0 Å². The Bertz CT molecular complexity index is 968. The van der Waals surface area contributed by atoms with Gasteiger partial charge in [-0.1, -0.05) is 6.07 Å². The van der Waals surface area contributed by atoms with Gasteiger partial charge in [-0.2, -0.15) is 0 Å². The first-order valence-electron chi connectivity index (χ1n) is 9.51. The highest BCUT2D eigenvalue weighted by Crippen LogP contribution is 2.40. The molecule has 0 bridgehead atoms. The van der Waals surface area contributed by atoms with Gasteiger partial charge < -0.3 is 23.4 Å². The van der Waals surface area contributed by atoms with Crippen LogP contribution in [0.25, 0.3) is 11.1 Å². The zero-order chi connectivity index (χ0) is 20.2. The Hall–Kier alpha value is -3.12. The first-order chi connectivity index (χ1) is 14.2. The fraction of sp³-hybridized carbons (Fsp3) is 0.304. The van der Waals surface area contributed by atoms with Crippen LogP contribution in [0.4, 0.5) is 0 Å². The molecule has 0 radical (unpaired) electrons. The summed E-state index contributed by atoms with van der Waals surface area (Å²) in [6, 6.07) is 12.1. The van der Waals surface area contributed by atoms with Crippen molar-refractivity contribution in [2.45, 2.75) is 13.1 Å². The number of ether oxygens (including phenoxy) is 4. The lowest BCUT2D eigenvalue weighted by molar-refractivity contribution is 0.216. The van der Waals surface area contributed by atoms with Gasteiger partial charge in [0.15, 0.2) is 23.0 Å². The lowest BCUT2D eigenvalue weighted by Crippen LogP contribution is -2.25. The summed E-state index contributed by atoms with van der Waals surface area (Å²) < 4.78 is 27.8. The van der Waals surface area contributed by atoms with Crippen LogP contribution in [0.2, 0.25) is 0 Å². The van der Waals surface area contributed by atoms with Crippen LogP contribution in [0.1, 0.15) is 11.1 Å². The topological polar surface area (TPSA) is 53.3 Å². The molecule has 0 saturated carbocycles. The molecule has 4 rings (SSSR count). The summed E-state index contributed by atoms with van der Waals surface area (Å²) in [6.45, 7) is 3.01. The molecule has 0 spiro atoms. The predicted octanol–water partition coefficient (Wildman–Crippen LogP) is 4.37. The van der Waals surface area contributed by atoms with E-state index in [0.29, 0.717) is 18.1 Å². The minimum Gasteiger partial charge on any atom is -0.493 e. The summed E-state index contributed by atoms with van der Waals surface area (Å²) in [6.07, 6.45) is 3.49. The summed E-state index contributed by atoms with van der Waals surface area (Å²) in [4.78, 5) is 2.34. The van der Waals surface area contributed by atoms with Gasteiger partial charge in [-0.25, -0.2) is 0 Å². The molecule has 0 unspecified atom stereocenters. The maximum Gasteiger partial charge on any atom is 0.165 e. The predicted molar refractivity (Wildman–Crippen MR) is 110 cm³/mol. The van der Waals surface area contributed by atoms with E-state index in [1.165, 1.54) is 0 Å². The van der Waals surface area contributed by atoms with Gasteiger partial charge in [0.05, 0.1) is 33.9 Å². The van der Waals surface area contributed by atoms with Crippen LogP contribution in [0.3, 0.4) is 0 Å². The van der Waals surface area contributed by atoms with Crippen molar-refractivity contribution >= 4 is 0 Å². The van der Waals surface area contributed by atoms with Crippen molar-refractivity contribution in [3.05, 3.63) is 60.1 Å². The minimum atomic E-state index is 0.608. The molecule has 2 heterocycles. The highest BCUT2D eigenvalue weighted by atomic mass is 16.5. The Balaban J connectivity index is 1.70. The lowest BCUT2D eigenvalue weighted by atomic mass is 10.0. The highest BCUT2D eigenvalue weighted by molar-refractivity contribution is 5.71. The molecule has 6 heteroatoms. The van der Waals surface area contributed by atoms with Crippen molar-refractivity contribution < 1.29 is 23.4 Å². The van der Waals surface area contributed by atoms with E-state index < -0.39 is 0 Å². The second-order valence-corrected chi connectivity index (χ2v) is 6.93. The van der Waals surface area contributed by atoms with Gasteiger partial charge in [0.1, 0.15) is 6.61 Å². The normalized spacial score (nSPS) is 13.9. The van der Waals surface area contributed by atoms with Gasteiger partial charge in [0.25, 0.3) is 0 Å². The van der Waals surface area contributed by atoms with Crippen LogP contribution in [0, 0.1) is 0 Å². The van der Waals surface area contributed by atoms with E-state index in [1.54, 1.807) is 33.9 Å². The molecule has 3 aromatic rings. The fourth-order valence-corrected chi connectivity index (χ4v) is 3.65. The van der Waals surface area contributed by atoms with Crippen LogP contribution in [0.15, 0.2) is 53.3 Å². The molecule has 2 aromatic carbocycles. The second-order valence-electron chi connectivity index (χ2n) is 6.93. The number of benzene rings is 2. The van der Waals surface area contributed by atoms with Crippen molar-refractivity contribution in [2.75, 3.05) is 34.5 Å². The molecule has 0 saturated heterocycles. The molecule has 1 aliphatic rings. The molecule has 0 amide bonds. The zero-order valence-corrected chi connectivity index (χ0v) is 16.9. The Labute approximate surface area is 170 Å². The van der Waals surface area contributed by atoms with Gasteiger partial charge in [-0.3, -0.25) is 4.90 Å². The van der Waals surface area contributed by atoms with Crippen molar-refractivity contribution in [1.29, 1.82) is 0 Å².